The van der Waals surface area contributed by atoms with Gasteiger partial charge in [0.2, 0.25) is 0 Å². The van der Waals surface area contributed by atoms with Crippen LogP contribution in [0.2, 0.25) is 0 Å². The van der Waals surface area contributed by atoms with Crippen LogP contribution in [0, 0.1) is 6.92 Å². The van der Waals surface area contributed by atoms with Gasteiger partial charge in [-0.2, -0.15) is 0 Å². The standard InChI is InChI=1S/C8H11FNP/c1-6-2-4-7(5-3-6)10-8(9)11/h2-5,8,10H,11H2,1H3. The van der Waals surface area contributed by atoms with Crippen LogP contribution in [-0.4, -0.2) is 6.04 Å². The van der Waals surface area contributed by atoms with Crippen LogP contribution >= 0.6 is 9.24 Å². The summed E-state index contributed by atoms with van der Waals surface area (Å²) in [6.45, 7) is 2.00. The topological polar surface area (TPSA) is 12.0 Å². The average molecular weight is 171 g/mol. The molecule has 60 valence electrons. The highest BCUT2D eigenvalue weighted by atomic mass is 31.0. The largest absolute Gasteiger partial charge is 0.353 e. The Bertz CT molecular complexity index is 220. The number of rotatable bonds is 2. The Hall–Kier alpha value is -0.620. The van der Waals surface area contributed by atoms with E-state index in [4.69, 9.17) is 0 Å². The predicted molar refractivity (Wildman–Crippen MR) is 49.4 cm³/mol. The minimum absolute atomic E-state index is 0.804. The average Bonchev–Trinajstić information content (AvgIpc) is 1.93. The van der Waals surface area contributed by atoms with E-state index in [0.29, 0.717) is 0 Å². The normalized spacial score (nSPS) is 12.6. The van der Waals surface area contributed by atoms with Crippen LogP contribution in [0.15, 0.2) is 24.3 Å². The highest BCUT2D eigenvalue weighted by Crippen LogP contribution is 2.12. The molecule has 0 heterocycles. The third kappa shape index (κ3) is 2.85. The quantitative estimate of drug-likeness (QED) is 0.532. The zero-order valence-corrected chi connectivity index (χ0v) is 7.50. The van der Waals surface area contributed by atoms with Gasteiger partial charge in [-0.05, 0) is 19.1 Å². The molecule has 0 bridgehead atoms. The van der Waals surface area contributed by atoms with E-state index >= 15 is 0 Å². The van der Waals surface area contributed by atoms with Gasteiger partial charge in [-0.15, -0.1) is 0 Å². The monoisotopic (exact) mass is 171 g/mol. The van der Waals surface area contributed by atoms with Crippen molar-refractivity contribution < 1.29 is 4.39 Å². The molecule has 0 spiro atoms. The first-order valence-electron chi connectivity index (χ1n) is 3.41. The van der Waals surface area contributed by atoms with Crippen LogP contribution in [0.1, 0.15) is 5.56 Å². The molecule has 0 fully saturated rings. The molecule has 0 aliphatic carbocycles. The van der Waals surface area contributed by atoms with Crippen molar-refractivity contribution in [3.8, 4) is 0 Å². The second-order valence-corrected chi connectivity index (χ2v) is 3.00. The van der Waals surface area contributed by atoms with Gasteiger partial charge in [-0.1, -0.05) is 26.9 Å². The summed E-state index contributed by atoms with van der Waals surface area (Å²) < 4.78 is 12.3. The highest BCUT2D eigenvalue weighted by Gasteiger charge is 1.95. The third-order valence-corrected chi connectivity index (χ3v) is 1.52. The lowest BCUT2D eigenvalue weighted by atomic mass is 10.2. The Morgan fingerprint density at radius 2 is 1.91 bits per heavy atom. The maximum atomic E-state index is 12.3. The van der Waals surface area contributed by atoms with E-state index < -0.39 is 6.04 Å². The molecule has 11 heavy (non-hydrogen) atoms. The van der Waals surface area contributed by atoms with Gasteiger partial charge in [0.05, 0.1) is 0 Å². The number of benzene rings is 1. The Morgan fingerprint density at radius 1 is 1.36 bits per heavy atom. The van der Waals surface area contributed by atoms with E-state index in [1.165, 1.54) is 5.56 Å². The van der Waals surface area contributed by atoms with Crippen LogP contribution in [0.5, 0.6) is 0 Å². The molecule has 1 rings (SSSR count). The Kier molecular flexibility index (Phi) is 2.84. The number of nitrogens with one attached hydrogen (secondary N) is 1. The molecule has 0 saturated carbocycles. The molecule has 0 aliphatic heterocycles. The van der Waals surface area contributed by atoms with Crippen molar-refractivity contribution in [2.24, 2.45) is 0 Å². The molecule has 1 aromatic carbocycles. The summed E-state index contributed by atoms with van der Waals surface area (Å²) in [6.07, 6.45) is 0. The molecule has 0 aromatic heterocycles. The van der Waals surface area contributed by atoms with Crippen molar-refractivity contribution in [1.29, 1.82) is 0 Å². The molecule has 0 amide bonds. The fourth-order valence-corrected chi connectivity index (χ4v) is 1.00. The van der Waals surface area contributed by atoms with E-state index in [2.05, 4.69) is 5.32 Å². The summed E-state index contributed by atoms with van der Waals surface area (Å²) in [7, 11) is 2.04. The summed E-state index contributed by atoms with van der Waals surface area (Å²) in [4.78, 5) is 0. The molecule has 3 heteroatoms. The van der Waals surface area contributed by atoms with Crippen LogP contribution in [0.4, 0.5) is 10.1 Å². The summed E-state index contributed by atoms with van der Waals surface area (Å²) in [5.41, 5.74) is 1.98. The van der Waals surface area contributed by atoms with Crippen molar-refractivity contribution >= 4 is 14.9 Å². The van der Waals surface area contributed by atoms with E-state index in [9.17, 15) is 4.39 Å². The molecular formula is C8H11FNP. The van der Waals surface area contributed by atoms with Gasteiger partial charge in [0, 0.05) is 5.69 Å². The molecule has 1 aromatic rings. The SMILES string of the molecule is Cc1ccc(NC(F)P)cc1. The number of anilines is 1. The molecule has 1 N–H and O–H groups in total. The second kappa shape index (κ2) is 3.68. The fourth-order valence-electron chi connectivity index (χ4n) is 0.809. The summed E-state index contributed by atoms with van der Waals surface area (Å²) in [5.74, 6) is 0. The van der Waals surface area contributed by atoms with Crippen molar-refractivity contribution in [2.75, 3.05) is 5.32 Å². The summed E-state index contributed by atoms with van der Waals surface area (Å²) in [5, 5.41) is 2.63. The zero-order valence-electron chi connectivity index (χ0n) is 6.34. The number of alkyl halides is 1. The molecule has 0 saturated heterocycles. The zero-order chi connectivity index (χ0) is 8.27. The molecular weight excluding hydrogens is 160 g/mol. The van der Waals surface area contributed by atoms with E-state index in [1.807, 2.05) is 40.4 Å². The molecule has 2 atom stereocenters. The van der Waals surface area contributed by atoms with Crippen LogP contribution in [-0.2, 0) is 0 Å². The van der Waals surface area contributed by atoms with Crippen molar-refractivity contribution in [3.05, 3.63) is 29.8 Å². The Labute approximate surface area is 68.2 Å². The third-order valence-electron chi connectivity index (χ3n) is 1.36. The fraction of sp³-hybridized carbons (Fsp3) is 0.250. The minimum atomic E-state index is -1.07. The highest BCUT2D eigenvalue weighted by molar-refractivity contribution is 7.17. The number of hydrogen-bond acceptors (Lipinski definition) is 1. The van der Waals surface area contributed by atoms with Gasteiger partial charge in [0.1, 0.15) is 0 Å². The molecule has 0 aliphatic rings. The lowest BCUT2D eigenvalue weighted by Gasteiger charge is -2.06. The van der Waals surface area contributed by atoms with Crippen LogP contribution in [0.3, 0.4) is 0 Å². The van der Waals surface area contributed by atoms with Gasteiger partial charge in [0.15, 0.2) is 6.04 Å². The van der Waals surface area contributed by atoms with E-state index in [0.717, 1.165) is 5.69 Å². The van der Waals surface area contributed by atoms with Gasteiger partial charge < -0.3 is 5.32 Å². The maximum absolute atomic E-state index is 12.3. The van der Waals surface area contributed by atoms with Gasteiger partial charge in [-0.3, -0.25) is 0 Å². The van der Waals surface area contributed by atoms with Crippen LogP contribution in [0.25, 0.3) is 0 Å². The van der Waals surface area contributed by atoms with E-state index in [1.54, 1.807) is 0 Å². The molecule has 1 nitrogen and oxygen atoms in total. The number of aryl methyl sites for hydroxylation is 1. The van der Waals surface area contributed by atoms with Gasteiger partial charge in [-0.25, -0.2) is 4.39 Å². The number of halogens is 1. The summed E-state index contributed by atoms with van der Waals surface area (Å²) >= 11 is 0. The van der Waals surface area contributed by atoms with Crippen molar-refractivity contribution in [2.45, 2.75) is 13.0 Å². The van der Waals surface area contributed by atoms with Crippen LogP contribution < -0.4 is 5.32 Å². The second-order valence-electron chi connectivity index (χ2n) is 2.41. The van der Waals surface area contributed by atoms with Crippen molar-refractivity contribution in [1.82, 2.24) is 0 Å². The molecule has 0 radical (unpaired) electrons. The smallest absolute Gasteiger partial charge is 0.182 e. The van der Waals surface area contributed by atoms with Crippen molar-refractivity contribution in [3.63, 3.8) is 0 Å². The van der Waals surface area contributed by atoms with E-state index in [-0.39, 0.29) is 0 Å². The number of hydrogen-bond donors (Lipinski definition) is 1. The molecule has 2 unspecified atom stereocenters. The summed E-state index contributed by atoms with van der Waals surface area (Å²) in [6, 6.07) is 6.51. The first kappa shape index (κ1) is 8.48. The van der Waals surface area contributed by atoms with Gasteiger partial charge >= 0.3 is 0 Å². The predicted octanol–water partition coefficient (Wildman–Crippen LogP) is 2.54. The Morgan fingerprint density at radius 3 is 2.36 bits per heavy atom. The minimum Gasteiger partial charge on any atom is -0.353 e. The first-order chi connectivity index (χ1) is 5.18. The Balaban J connectivity index is 2.66. The lowest BCUT2D eigenvalue weighted by molar-refractivity contribution is 0.493. The lowest BCUT2D eigenvalue weighted by Crippen LogP contribution is -2.03. The van der Waals surface area contributed by atoms with Gasteiger partial charge in [0.25, 0.3) is 0 Å². The first-order valence-corrected chi connectivity index (χ1v) is 4.08. The maximum Gasteiger partial charge on any atom is 0.182 e.